The summed E-state index contributed by atoms with van der Waals surface area (Å²) in [5, 5.41) is 12.0. The highest BCUT2D eigenvalue weighted by Gasteiger charge is 2.33. The Morgan fingerprint density at radius 1 is 1.12 bits per heavy atom. The highest BCUT2D eigenvalue weighted by Crippen LogP contribution is 2.41. The van der Waals surface area contributed by atoms with Gasteiger partial charge in [0.05, 0.1) is 31.3 Å². The smallest absolute Gasteiger partial charge is 0.354 e. The van der Waals surface area contributed by atoms with Crippen LogP contribution in [0.15, 0.2) is 66.6 Å². The number of rotatable bonds is 5. The molecule has 1 aliphatic heterocycles. The Morgan fingerprint density at radius 2 is 1.91 bits per heavy atom. The lowest BCUT2D eigenvalue weighted by molar-refractivity contribution is -0.384. The van der Waals surface area contributed by atoms with E-state index in [9.17, 15) is 19.7 Å². The fourth-order valence-corrected chi connectivity index (χ4v) is 3.83. The molecule has 1 atom stereocenters. The SMILES string of the molecule is COC(=O)/C=C(\C(=O)OC)N1C=Cc2ccccc2C1c1c[nH]c2ccc([N+](=O)[O-])cc12. The van der Waals surface area contributed by atoms with Gasteiger partial charge in [-0.25, -0.2) is 9.59 Å². The monoisotopic (exact) mass is 433 g/mol. The van der Waals surface area contributed by atoms with E-state index < -0.39 is 22.9 Å². The van der Waals surface area contributed by atoms with E-state index in [4.69, 9.17) is 9.47 Å². The van der Waals surface area contributed by atoms with Crippen LogP contribution in [0.4, 0.5) is 5.69 Å². The molecule has 1 aliphatic rings. The number of hydrogen-bond acceptors (Lipinski definition) is 7. The highest BCUT2D eigenvalue weighted by molar-refractivity contribution is 5.96. The summed E-state index contributed by atoms with van der Waals surface area (Å²) < 4.78 is 9.63. The topological polar surface area (TPSA) is 115 Å². The summed E-state index contributed by atoms with van der Waals surface area (Å²) in [6, 6.07) is 11.6. The van der Waals surface area contributed by atoms with Crippen LogP contribution in [-0.4, -0.2) is 41.0 Å². The molecule has 2 heterocycles. The van der Waals surface area contributed by atoms with Gasteiger partial charge in [0.1, 0.15) is 5.70 Å². The predicted molar refractivity (Wildman–Crippen MR) is 116 cm³/mol. The van der Waals surface area contributed by atoms with Gasteiger partial charge in [0.25, 0.3) is 5.69 Å². The lowest BCUT2D eigenvalue weighted by Gasteiger charge is -2.35. The number of methoxy groups -OCH3 is 2. The molecule has 9 heteroatoms. The largest absolute Gasteiger partial charge is 0.466 e. The third-order valence-corrected chi connectivity index (χ3v) is 5.31. The van der Waals surface area contributed by atoms with Gasteiger partial charge in [-0.2, -0.15) is 0 Å². The lowest BCUT2D eigenvalue weighted by Crippen LogP contribution is -2.31. The molecule has 0 saturated carbocycles. The van der Waals surface area contributed by atoms with E-state index in [2.05, 4.69) is 4.98 Å². The van der Waals surface area contributed by atoms with Gasteiger partial charge in [-0.05, 0) is 23.3 Å². The minimum atomic E-state index is -0.727. The number of aromatic amines is 1. The Hall–Kier alpha value is -4.40. The number of non-ortho nitro benzene ring substituents is 1. The molecule has 162 valence electrons. The Bertz CT molecular complexity index is 1290. The average molecular weight is 433 g/mol. The van der Waals surface area contributed by atoms with E-state index in [-0.39, 0.29) is 11.4 Å². The third kappa shape index (κ3) is 3.60. The molecular weight excluding hydrogens is 414 g/mol. The van der Waals surface area contributed by atoms with Crippen molar-refractivity contribution in [1.82, 2.24) is 9.88 Å². The van der Waals surface area contributed by atoms with Crippen LogP contribution >= 0.6 is 0 Å². The van der Waals surface area contributed by atoms with Gasteiger partial charge in [-0.15, -0.1) is 0 Å². The van der Waals surface area contributed by atoms with E-state index >= 15 is 0 Å². The molecule has 32 heavy (non-hydrogen) atoms. The van der Waals surface area contributed by atoms with Crippen molar-refractivity contribution < 1.29 is 24.0 Å². The lowest BCUT2D eigenvalue weighted by atomic mass is 9.90. The Morgan fingerprint density at radius 3 is 2.62 bits per heavy atom. The third-order valence-electron chi connectivity index (χ3n) is 5.31. The number of carbonyl (C=O) groups is 2. The summed E-state index contributed by atoms with van der Waals surface area (Å²) in [5.74, 6) is -1.44. The molecule has 1 N–H and O–H groups in total. The van der Waals surface area contributed by atoms with Crippen molar-refractivity contribution in [2.24, 2.45) is 0 Å². The highest BCUT2D eigenvalue weighted by atomic mass is 16.6. The molecule has 0 fully saturated rings. The molecule has 0 aliphatic carbocycles. The standard InChI is InChI=1S/C23H19N3O6/c1-31-21(27)12-20(23(28)32-2)25-10-9-14-5-3-4-6-16(14)22(25)18-13-24-19-8-7-15(26(29)30)11-17(18)19/h3-13,22,24H,1-2H3/b20-12+. The summed E-state index contributed by atoms with van der Waals surface area (Å²) in [5.41, 5.74) is 3.07. The van der Waals surface area contributed by atoms with Crippen molar-refractivity contribution in [3.8, 4) is 0 Å². The fourth-order valence-electron chi connectivity index (χ4n) is 3.83. The van der Waals surface area contributed by atoms with Crippen molar-refractivity contribution in [3.63, 3.8) is 0 Å². The minimum Gasteiger partial charge on any atom is -0.466 e. The molecule has 0 amide bonds. The van der Waals surface area contributed by atoms with Crippen LogP contribution in [0, 0.1) is 10.1 Å². The van der Waals surface area contributed by atoms with Crippen molar-refractivity contribution in [3.05, 3.63) is 93.4 Å². The van der Waals surface area contributed by atoms with Gasteiger partial charge < -0.3 is 19.4 Å². The van der Waals surface area contributed by atoms with E-state index in [1.54, 1.807) is 23.4 Å². The quantitative estimate of drug-likeness (QED) is 0.282. The maximum absolute atomic E-state index is 12.6. The molecule has 0 bridgehead atoms. The van der Waals surface area contributed by atoms with Crippen molar-refractivity contribution in [1.29, 1.82) is 0 Å². The zero-order valence-electron chi connectivity index (χ0n) is 17.3. The first kappa shape index (κ1) is 20.9. The maximum atomic E-state index is 12.6. The first-order valence-electron chi connectivity index (χ1n) is 9.63. The number of hydrogen-bond donors (Lipinski definition) is 1. The number of ether oxygens (including phenoxy) is 2. The number of nitrogens with one attached hydrogen (secondary N) is 1. The molecule has 0 saturated heterocycles. The first-order valence-corrected chi connectivity index (χ1v) is 9.63. The van der Waals surface area contributed by atoms with Crippen LogP contribution in [0.3, 0.4) is 0 Å². The van der Waals surface area contributed by atoms with Crippen molar-refractivity contribution in [2.45, 2.75) is 6.04 Å². The normalized spacial score (nSPS) is 15.4. The second-order valence-electron chi connectivity index (χ2n) is 7.03. The summed E-state index contributed by atoms with van der Waals surface area (Å²) in [6.45, 7) is 0. The molecule has 9 nitrogen and oxygen atoms in total. The number of nitrogens with zero attached hydrogens (tertiary/aromatic N) is 2. The number of H-pyrrole nitrogens is 1. The zero-order chi connectivity index (χ0) is 22.8. The fraction of sp³-hybridized carbons (Fsp3) is 0.130. The molecule has 1 unspecified atom stereocenters. The van der Waals surface area contributed by atoms with E-state index in [1.807, 2.05) is 30.3 Å². The Balaban J connectivity index is 1.96. The second-order valence-corrected chi connectivity index (χ2v) is 7.03. The summed E-state index contributed by atoms with van der Waals surface area (Å²) >= 11 is 0. The van der Waals surface area contributed by atoms with Gasteiger partial charge in [-0.3, -0.25) is 10.1 Å². The first-order chi connectivity index (χ1) is 15.4. The molecule has 0 radical (unpaired) electrons. The van der Waals surface area contributed by atoms with Crippen LogP contribution in [0.25, 0.3) is 17.0 Å². The number of carbonyl (C=O) groups excluding carboxylic acids is 2. The van der Waals surface area contributed by atoms with Crippen molar-refractivity contribution >= 4 is 34.6 Å². The molecule has 2 aromatic carbocycles. The number of nitro groups is 1. The average Bonchev–Trinajstić information content (AvgIpc) is 3.24. The van der Waals surface area contributed by atoms with Crippen LogP contribution in [0.2, 0.25) is 0 Å². The van der Waals surface area contributed by atoms with Crippen LogP contribution in [0.1, 0.15) is 22.7 Å². The van der Waals surface area contributed by atoms with Crippen LogP contribution in [-0.2, 0) is 19.1 Å². The summed E-state index contributed by atoms with van der Waals surface area (Å²) in [7, 11) is 2.43. The Labute approximate surface area is 182 Å². The number of aromatic nitrogens is 1. The van der Waals surface area contributed by atoms with E-state index in [0.29, 0.717) is 16.5 Å². The van der Waals surface area contributed by atoms with Gasteiger partial charge in [0.15, 0.2) is 0 Å². The zero-order valence-corrected chi connectivity index (χ0v) is 17.3. The molecule has 4 rings (SSSR count). The Kier molecular flexibility index (Phi) is 5.46. The van der Waals surface area contributed by atoms with Gasteiger partial charge in [0, 0.05) is 41.0 Å². The number of fused-ring (bicyclic) bond motifs is 2. The maximum Gasteiger partial charge on any atom is 0.354 e. The van der Waals surface area contributed by atoms with Gasteiger partial charge in [0.2, 0.25) is 0 Å². The summed E-state index contributed by atoms with van der Waals surface area (Å²) in [6.07, 6.45) is 6.30. The van der Waals surface area contributed by atoms with Crippen LogP contribution in [0.5, 0.6) is 0 Å². The minimum absolute atomic E-state index is 0.0325. The predicted octanol–water partition coefficient (Wildman–Crippen LogP) is 3.68. The molecule has 0 spiro atoms. The van der Waals surface area contributed by atoms with E-state index in [1.165, 1.54) is 26.4 Å². The molecular formula is C23H19N3O6. The van der Waals surface area contributed by atoms with Crippen molar-refractivity contribution in [2.75, 3.05) is 14.2 Å². The number of nitro benzene ring substituents is 1. The summed E-state index contributed by atoms with van der Waals surface area (Å²) in [4.78, 5) is 40.3. The molecule has 3 aromatic rings. The van der Waals surface area contributed by atoms with Gasteiger partial charge >= 0.3 is 11.9 Å². The van der Waals surface area contributed by atoms with E-state index in [0.717, 1.165) is 17.2 Å². The number of esters is 2. The van der Waals surface area contributed by atoms with Crippen LogP contribution < -0.4 is 0 Å². The second kappa shape index (κ2) is 8.38. The molecule has 1 aromatic heterocycles. The van der Waals surface area contributed by atoms with Gasteiger partial charge in [-0.1, -0.05) is 24.3 Å². The number of benzene rings is 2.